The van der Waals surface area contributed by atoms with Crippen molar-refractivity contribution in [1.82, 2.24) is 10.2 Å². The summed E-state index contributed by atoms with van der Waals surface area (Å²) in [6, 6.07) is 20.1. The van der Waals surface area contributed by atoms with Crippen molar-refractivity contribution in [3.63, 3.8) is 0 Å². The summed E-state index contributed by atoms with van der Waals surface area (Å²) in [5, 5.41) is 3.53. The van der Waals surface area contributed by atoms with Crippen molar-refractivity contribution in [3.05, 3.63) is 94.5 Å². The number of aryl methyl sites for hydroxylation is 1. The van der Waals surface area contributed by atoms with Crippen LogP contribution in [-0.4, -0.2) is 43.8 Å². The van der Waals surface area contributed by atoms with Crippen LogP contribution in [0.15, 0.2) is 77.7 Å². The number of hydrogen-bond donors (Lipinski definition) is 1. The largest absolute Gasteiger partial charge is 0.352 e. The van der Waals surface area contributed by atoms with E-state index >= 15 is 0 Å². The molecule has 0 spiro atoms. The molecule has 1 aliphatic rings. The van der Waals surface area contributed by atoms with E-state index in [4.69, 9.17) is 11.6 Å². The molecule has 1 unspecified atom stereocenters. The number of nitrogens with zero attached hydrogens (tertiary/aromatic N) is 2. The number of carbonyl (C=O) groups excluding carboxylic acids is 2. The Labute approximate surface area is 248 Å². The van der Waals surface area contributed by atoms with Gasteiger partial charge in [0.25, 0.3) is 10.0 Å². The summed E-state index contributed by atoms with van der Waals surface area (Å²) in [7, 11) is -4.15. The lowest BCUT2D eigenvalue weighted by atomic mass is 10.1. The van der Waals surface area contributed by atoms with E-state index in [2.05, 4.69) is 5.32 Å². The minimum atomic E-state index is -4.15. The Morgan fingerprint density at radius 3 is 2.32 bits per heavy atom. The number of anilines is 1. The van der Waals surface area contributed by atoms with Crippen LogP contribution in [0.5, 0.6) is 0 Å². The predicted molar refractivity (Wildman–Crippen MR) is 163 cm³/mol. The van der Waals surface area contributed by atoms with Crippen LogP contribution in [0.1, 0.15) is 55.7 Å². The first kappa shape index (κ1) is 30.6. The third-order valence-electron chi connectivity index (χ3n) is 7.64. The number of halogens is 1. The highest BCUT2D eigenvalue weighted by atomic mass is 35.5. The number of benzene rings is 3. The topological polar surface area (TPSA) is 86.8 Å². The highest BCUT2D eigenvalue weighted by Gasteiger charge is 2.35. The first-order chi connectivity index (χ1) is 19.6. The molecule has 1 fully saturated rings. The van der Waals surface area contributed by atoms with Gasteiger partial charge in [0.1, 0.15) is 12.6 Å². The lowest BCUT2D eigenvalue weighted by molar-refractivity contribution is -0.140. The highest BCUT2D eigenvalue weighted by molar-refractivity contribution is 7.92. The fraction of sp³-hybridized carbons (Fsp3) is 0.375. The van der Waals surface area contributed by atoms with E-state index in [0.717, 1.165) is 41.1 Å². The van der Waals surface area contributed by atoms with Gasteiger partial charge in [-0.15, -0.1) is 0 Å². The van der Waals surface area contributed by atoms with Gasteiger partial charge in [-0.3, -0.25) is 13.9 Å². The Morgan fingerprint density at radius 2 is 1.66 bits per heavy atom. The number of rotatable bonds is 11. The molecule has 41 heavy (non-hydrogen) atoms. The SMILES string of the molecule is CCC(C(=O)NC1CCCC1)N(Cc1cccc(C)c1)C(=O)CN(c1cccc(Cl)c1C)S(=O)(=O)c1ccccc1. The number of amides is 2. The van der Waals surface area contributed by atoms with E-state index in [9.17, 15) is 18.0 Å². The van der Waals surface area contributed by atoms with Crippen molar-refractivity contribution in [1.29, 1.82) is 0 Å². The van der Waals surface area contributed by atoms with Crippen LogP contribution >= 0.6 is 11.6 Å². The van der Waals surface area contributed by atoms with Crippen molar-refractivity contribution in [3.8, 4) is 0 Å². The van der Waals surface area contributed by atoms with Gasteiger partial charge in [0.05, 0.1) is 10.6 Å². The number of hydrogen-bond acceptors (Lipinski definition) is 4. The van der Waals surface area contributed by atoms with E-state index in [1.807, 2.05) is 38.1 Å². The molecule has 0 aliphatic heterocycles. The summed E-state index contributed by atoms with van der Waals surface area (Å²) in [5.41, 5.74) is 2.74. The summed E-state index contributed by atoms with van der Waals surface area (Å²) >= 11 is 6.40. The van der Waals surface area contributed by atoms with E-state index in [0.29, 0.717) is 22.7 Å². The summed E-state index contributed by atoms with van der Waals surface area (Å²) in [5.74, 6) is -0.685. The van der Waals surface area contributed by atoms with E-state index in [-0.39, 0.29) is 23.4 Å². The lowest BCUT2D eigenvalue weighted by Crippen LogP contribution is -2.53. The van der Waals surface area contributed by atoms with Crippen molar-refractivity contribution in [2.75, 3.05) is 10.8 Å². The average molecular weight is 596 g/mol. The Bertz CT molecular complexity index is 1470. The van der Waals surface area contributed by atoms with Gasteiger partial charge < -0.3 is 10.2 Å². The maximum atomic E-state index is 14.2. The minimum Gasteiger partial charge on any atom is -0.352 e. The van der Waals surface area contributed by atoms with Crippen LogP contribution in [0.3, 0.4) is 0 Å². The van der Waals surface area contributed by atoms with Crippen LogP contribution in [-0.2, 0) is 26.2 Å². The summed E-state index contributed by atoms with van der Waals surface area (Å²) in [6.07, 6.45) is 4.37. The highest BCUT2D eigenvalue weighted by Crippen LogP contribution is 2.31. The monoisotopic (exact) mass is 595 g/mol. The Balaban J connectivity index is 1.74. The van der Waals surface area contributed by atoms with Crippen LogP contribution in [0.2, 0.25) is 5.02 Å². The molecule has 0 bridgehead atoms. The third-order valence-corrected chi connectivity index (χ3v) is 9.82. The normalized spacial score (nSPS) is 14.4. The molecule has 4 rings (SSSR count). The van der Waals surface area contributed by atoms with E-state index in [1.165, 1.54) is 17.0 Å². The quantitative estimate of drug-likeness (QED) is 0.294. The predicted octanol–water partition coefficient (Wildman–Crippen LogP) is 6.02. The molecule has 0 radical (unpaired) electrons. The smallest absolute Gasteiger partial charge is 0.264 e. The van der Waals surface area contributed by atoms with Crippen molar-refractivity contribution >= 4 is 39.1 Å². The molecule has 3 aromatic rings. The number of carbonyl (C=O) groups is 2. The first-order valence-electron chi connectivity index (χ1n) is 14.1. The van der Waals surface area contributed by atoms with Gasteiger partial charge in [-0.1, -0.05) is 85.5 Å². The standard InChI is InChI=1S/C32H38ClN3O4S/c1-4-29(32(38)34-26-14-8-9-15-26)35(21-25-13-10-12-23(2)20-25)31(37)22-36(30-19-11-18-28(33)24(30)3)41(39,40)27-16-6-5-7-17-27/h5-7,10-13,16-20,26,29H,4,8-9,14-15,21-22H2,1-3H3,(H,34,38). The van der Waals surface area contributed by atoms with Crippen LogP contribution in [0, 0.1) is 13.8 Å². The van der Waals surface area contributed by atoms with E-state index in [1.54, 1.807) is 43.3 Å². The van der Waals surface area contributed by atoms with Crippen LogP contribution in [0.4, 0.5) is 5.69 Å². The van der Waals surface area contributed by atoms with Gasteiger partial charge in [0.15, 0.2) is 0 Å². The molecule has 218 valence electrons. The van der Waals surface area contributed by atoms with Gasteiger partial charge in [-0.05, 0) is 68.5 Å². The Hall–Kier alpha value is -3.36. The zero-order chi connectivity index (χ0) is 29.6. The second-order valence-corrected chi connectivity index (χ2v) is 12.9. The molecule has 7 nitrogen and oxygen atoms in total. The average Bonchev–Trinajstić information content (AvgIpc) is 3.46. The molecule has 9 heteroatoms. The van der Waals surface area contributed by atoms with Gasteiger partial charge in [-0.2, -0.15) is 0 Å². The van der Waals surface area contributed by atoms with Gasteiger partial charge in [0, 0.05) is 17.6 Å². The molecule has 1 atom stereocenters. The summed E-state index contributed by atoms with van der Waals surface area (Å²) < 4.78 is 29.1. The van der Waals surface area contributed by atoms with Crippen LogP contribution < -0.4 is 9.62 Å². The second kappa shape index (κ2) is 13.5. The zero-order valence-corrected chi connectivity index (χ0v) is 25.4. The fourth-order valence-corrected chi connectivity index (χ4v) is 7.06. The maximum absolute atomic E-state index is 14.2. The summed E-state index contributed by atoms with van der Waals surface area (Å²) in [4.78, 5) is 29.4. The first-order valence-corrected chi connectivity index (χ1v) is 15.9. The molecular weight excluding hydrogens is 558 g/mol. The summed E-state index contributed by atoms with van der Waals surface area (Å²) in [6.45, 7) is 5.25. The molecule has 0 aromatic heterocycles. The lowest BCUT2D eigenvalue weighted by Gasteiger charge is -2.34. The molecule has 2 amide bonds. The van der Waals surface area contributed by atoms with Crippen molar-refractivity contribution < 1.29 is 18.0 Å². The molecular formula is C32H38ClN3O4S. The van der Waals surface area contributed by atoms with Gasteiger partial charge in [0.2, 0.25) is 11.8 Å². The molecule has 1 saturated carbocycles. The minimum absolute atomic E-state index is 0.0587. The Morgan fingerprint density at radius 1 is 0.976 bits per heavy atom. The fourth-order valence-electron chi connectivity index (χ4n) is 5.39. The molecule has 1 aliphatic carbocycles. The molecule has 0 saturated heterocycles. The molecule has 0 heterocycles. The Kier molecular flexibility index (Phi) is 10.1. The third kappa shape index (κ3) is 7.29. The van der Waals surface area contributed by atoms with Gasteiger partial charge in [-0.25, -0.2) is 8.42 Å². The zero-order valence-electron chi connectivity index (χ0n) is 23.8. The van der Waals surface area contributed by atoms with Gasteiger partial charge >= 0.3 is 0 Å². The number of nitrogens with one attached hydrogen (secondary N) is 1. The molecule has 1 N–H and O–H groups in total. The number of sulfonamides is 1. The second-order valence-electron chi connectivity index (χ2n) is 10.6. The maximum Gasteiger partial charge on any atom is 0.264 e. The van der Waals surface area contributed by atoms with E-state index < -0.39 is 28.5 Å². The van der Waals surface area contributed by atoms with Crippen molar-refractivity contribution in [2.24, 2.45) is 0 Å². The molecule has 3 aromatic carbocycles. The van der Waals surface area contributed by atoms with Crippen molar-refractivity contribution in [2.45, 2.75) is 76.4 Å². The van der Waals surface area contributed by atoms with Crippen LogP contribution in [0.25, 0.3) is 0 Å².